The first-order valence-electron chi connectivity index (χ1n) is 7.47. The third kappa shape index (κ3) is 3.49. The first kappa shape index (κ1) is 16.3. The van der Waals surface area contributed by atoms with Crippen LogP contribution >= 0.6 is 0 Å². The minimum atomic E-state index is -3.64. The number of anilines is 1. The number of aryl methyl sites for hydroxylation is 3. The molecule has 0 spiro atoms. The summed E-state index contributed by atoms with van der Waals surface area (Å²) in [5.41, 5.74) is 3.34. The van der Waals surface area contributed by atoms with Crippen LogP contribution in [-0.2, 0) is 10.0 Å². The summed E-state index contributed by atoms with van der Waals surface area (Å²) in [5.74, 6) is 1.18. The van der Waals surface area contributed by atoms with Gasteiger partial charge in [-0.1, -0.05) is 6.07 Å². The number of hydrogen-bond acceptors (Lipinski definition) is 4. The van der Waals surface area contributed by atoms with E-state index in [9.17, 15) is 8.42 Å². The lowest BCUT2D eigenvalue weighted by Crippen LogP contribution is -2.13. The summed E-state index contributed by atoms with van der Waals surface area (Å²) in [5, 5.41) is 0. The third-order valence-corrected chi connectivity index (χ3v) is 4.94. The summed E-state index contributed by atoms with van der Waals surface area (Å²) in [6.07, 6.45) is 1.62. The number of oxazole rings is 1. The van der Waals surface area contributed by atoms with Crippen molar-refractivity contribution >= 4 is 15.7 Å². The Morgan fingerprint density at radius 3 is 2.12 bits per heavy atom. The number of sulfonamides is 1. The zero-order valence-corrected chi connectivity index (χ0v) is 14.5. The van der Waals surface area contributed by atoms with Gasteiger partial charge in [0.15, 0.2) is 11.7 Å². The quantitative estimate of drug-likeness (QED) is 0.776. The van der Waals surface area contributed by atoms with E-state index in [2.05, 4.69) is 9.71 Å². The first-order chi connectivity index (χ1) is 11.3. The van der Waals surface area contributed by atoms with Gasteiger partial charge in [-0.25, -0.2) is 13.4 Å². The van der Waals surface area contributed by atoms with Crippen LogP contribution in [0.1, 0.15) is 17.0 Å². The predicted molar refractivity (Wildman–Crippen MR) is 93.4 cm³/mol. The highest BCUT2D eigenvalue weighted by Crippen LogP contribution is 2.24. The Kier molecular flexibility index (Phi) is 4.15. The smallest absolute Gasteiger partial charge is 0.261 e. The molecule has 3 aromatic rings. The molecule has 1 N–H and O–H groups in total. The molecule has 0 unspecified atom stereocenters. The molecule has 124 valence electrons. The van der Waals surface area contributed by atoms with E-state index >= 15 is 0 Å². The second-order valence-corrected chi connectivity index (χ2v) is 7.43. The van der Waals surface area contributed by atoms with Crippen LogP contribution in [0.25, 0.3) is 11.3 Å². The highest BCUT2D eigenvalue weighted by molar-refractivity contribution is 7.92. The molecule has 3 rings (SSSR count). The molecule has 0 saturated carbocycles. The number of nitrogens with zero attached hydrogens (tertiary/aromatic N) is 1. The maximum absolute atomic E-state index is 12.5. The Balaban J connectivity index is 1.87. The topological polar surface area (TPSA) is 72.2 Å². The molecule has 0 bridgehead atoms. The Labute approximate surface area is 141 Å². The molecular weight excluding hydrogens is 324 g/mol. The van der Waals surface area contributed by atoms with Gasteiger partial charge in [0.2, 0.25) is 0 Å². The van der Waals surface area contributed by atoms with Crippen molar-refractivity contribution in [3.8, 4) is 11.3 Å². The highest BCUT2D eigenvalue weighted by atomic mass is 32.2. The van der Waals surface area contributed by atoms with E-state index in [4.69, 9.17) is 4.42 Å². The van der Waals surface area contributed by atoms with E-state index in [0.29, 0.717) is 17.3 Å². The van der Waals surface area contributed by atoms with Crippen LogP contribution < -0.4 is 4.72 Å². The molecule has 1 heterocycles. The molecular formula is C18H18N2O3S. The Morgan fingerprint density at radius 2 is 1.58 bits per heavy atom. The van der Waals surface area contributed by atoms with Crippen LogP contribution in [-0.4, -0.2) is 13.4 Å². The number of hydrogen-bond donors (Lipinski definition) is 1. The van der Waals surface area contributed by atoms with Gasteiger partial charge in [0.25, 0.3) is 10.0 Å². The van der Waals surface area contributed by atoms with Crippen molar-refractivity contribution in [1.82, 2.24) is 4.98 Å². The number of aromatic nitrogens is 1. The van der Waals surface area contributed by atoms with E-state index in [0.717, 1.165) is 16.7 Å². The lowest BCUT2D eigenvalue weighted by Gasteiger charge is -2.10. The van der Waals surface area contributed by atoms with E-state index in [-0.39, 0.29) is 4.90 Å². The largest absolute Gasteiger partial charge is 0.441 e. The molecule has 1 aromatic heterocycles. The predicted octanol–water partition coefficient (Wildman–Crippen LogP) is 4.07. The number of benzene rings is 2. The molecule has 0 amide bonds. The lowest BCUT2D eigenvalue weighted by molar-refractivity contribution is 0.534. The molecule has 0 radical (unpaired) electrons. The van der Waals surface area contributed by atoms with Crippen LogP contribution in [0.4, 0.5) is 5.69 Å². The average molecular weight is 342 g/mol. The average Bonchev–Trinajstić information content (AvgIpc) is 2.92. The lowest BCUT2D eigenvalue weighted by atomic mass is 10.1. The molecule has 0 atom stereocenters. The first-order valence-corrected chi connectivity index (χ1v) is 8.96. The van der Waals surface area contributed by atoms with Crippen molar-refractivity contribution in [2.45, 2.75) is 25.7 Å². The maximum Gasteiger partial charge on any atom is 0.261 e. The van der Waals surface area contributed by atoms with E-state index in [1.165, 1.54) is 0 Å². The van der Waals surface area contributed by atoms with Gasteiger partial charge in [-0.15, -0.1) is 0 Å². The van der Waals surface area contributed by atoms with E-state index in [1.54, 1.807) is 49.5 Å². The summed E-state index contributed by atoms with van der Waals surface area (Å²) >= 11 is 0. The van der Waals surface area contributed by atoms with Gasteiger partial charge in [-0.05, 0) is 61.4 Å². The van der Waals surface area contributed by atoms with E-state index < -0.39 is 10.0 Å². The van der Waals surface area contributed by atoms with E-state index in [1.807, 2.05) is 19.9 Å². The van der Waals surface area contributed by atoms with Crippen molar-refractivity contribution in [2.24, 2.45) is 0 Å². The van der Waals surface area contributed by atoms with Crippen LogP contribution in [0.5, 0.6) is 0 Å². The van der Waals surface area contributed by atoms with Crippen molar-refractivity contribution in [3.63, 3.8) is 0 Å². The molecule has 5 nitrogen and oxygen atoms in total. The Bertz CT molecular complexity index is 954. The van der Waals surface area contributed by atoms with Crippen molar-refractivity contribution in [2.75, 3.05) is 4.72 Å². The SMILES string of the molecule is Cc1cc(C)cc(NS(=O)(=O)c2ccc(-c3cnc(C)o3)cc2)c1. The van der Waals surface area contributed by atoms with Crippen LogP contribution in [0.15, 0.2) is 58.0 Å². The fraction of sp³-hybridized carbons (Fsp3) is 0.167. The highest BCUT2D eigenvalue weighted by Gasteiger charge is 2.15. The van der Waals surface area contributed by atoms with Gasteiger partial charge in [0.05, 0.1) is 11.1 Å². The molecule has 0 saturated heterocycles. The molecule has 0 aliphatic heterocycles. The van der Waals surface area contributed by atoms with Crippen LogP contribution in [0.2, 0.25) is 0 Å². The molecule has 0 fully saturated rings. The zero-order chi connectivity index (χ0) is 17.3. The second kappa shape index (κ2) is 6.13. The van der Waals surface area contributed by atoms with Gasteiger partial charge in [0, 0.05) is 18.2 Å². The van der Waals surface area contributed by atoms with Crippen molar-refractivity contribution < 1.29 is 12.8 Å². The van der Waals surface area contributed by atoms with Gasteiger partial charge in [-0.2, -0.15) is 0 Å². The summed E-state index contributed by atoms with van der Waals surface area (Å²) < 4.78 is 33.1. The molecule has 2 aromatic carbocycles. The van der Waals surface area contributed by atoms with Crippen molar-refractivity contribution in [1.29, 1.82) is 0 Å². The summed E-state index contributed by atoms with van der Waals surface area (Å²) in [7, 11) is -3.64. The third-order valence-electron chi connectivity index (χ3n) is 3.54. The number of rotatable bonds is 4. The second-order valence-electron chi connectivity index (χ2n) is 5.75. The maximum atomic E-state index is 12.5. The van der Waals surface area contributed by atoms with Crippen LogP contribution in [0.3, 0.4) is 0 Å². The van der Waals surface area contributed by atoms with Gasteiger partial charge in [0.1, 0.15) is 0 Å². The summed E-state index contributed by atoms with van der Waals surface area (Å²) in [6, 6.07) is 12.1. The standard InChI is InChI=1S/C18H18N2O3S/c1-12-8-13(2)10-16(9-12)20-24(21,22)17-6-4-15(5-7-17)18-11-19-14(3)23-18/h4-11,20H,1-3H3. The van der Waals surface area contributed by atoms with Gasteiger partial charge < -0.3 is 4.42 Å². The van der Waals surface area contributed by atoms with Crippen LogP contribution in [0, 0.1) is 20.8 Å². The fourth-order valence-electron chi connectivity index (χ4n) is 2.54. The molecule has 6 heteroatoms. The van der Waals surface area contributed by atoms with Gasteiger partial charge in [-0.3, -0.25) is 4.72 Å². The van der Waals surface area contributed by atoms with Crippen molar-refractivity contribution in [3.05, 3.63) is 65.7 Å². The summed E-state index contributed by atoms with van der Waals surface area (Å²) in [4.78, 5) is 4.24. The zero-order valence-electron chi connectivity index (χ0n) is 13.7. The normalized spacial score (nSPS) is 11.5. The molecule has 0 aliphatic rings. The summed E-state index contributed by atoms with van der Waals surface area (Å²) in [6.45, 7) is 5.62. The molecule has 0 aliphatic carbocycles. The van der Waals surface area contributed by atoms with Gasteiger partial charge >= 0.3 is 0 Å². The monoisotopic (exact) mass is 342 g/mol. The Hall–Kier alpha value is -2.60. The Morgan fingerprint density at radius 1 is 0.958 bits per heavy atom. The minimum Gasteiger partial charge on any atom is -0.441 e. The number of nitrogens with one attached hydrogen (secondary N) is 1. The molecule has 24 heavy (non-hydrogen) atoms. The fourth-order valence-corrected chi connectivity index (χ4v) is 3.58. The minimum absolute atomic E-state index is 0.196.